The van der Waals surface area contributed by atoms with E-state index in [1.54, 1.807) is 18.2 Å². The van der Waals surface area contributed by atoms with Crippen LogP contribution >= 0.6 is 0 Å². The van der Waals surface area contributed by atoms with E-state index in [4.69, 9.17) is 5.11 Å². The fraction of sp³-hybridized carbons (Fsp3) is 0.0625. The summed E-state index contributed by atoms with van der Waals surface area (Å²) in [4.78, 5) is 10.8. The highest BCUT2D eigenvalue weighted by Gasteiger charge is 2.00. The molecule has 0 fully saturated rings. The average Bonchev–Trinajstić information content (AvgIpc) is 2.38. The Hall–Kier alpha value is -2.35. The van der Waals surface area contributed by atoms with E-state index in [9.17, 15) is 4.79 Å². The molecule has 2 heteroatoms. The summed E-state index contributed by atoms with van der Waals surface area (Å²) in [5.41, 5.74) is 3.51. The van der Waals surface area contributed by atoms with Crippen LogP contribution in [0.5, 0.6) is 0 Å². The summed E-state index contributed by atoms with van der Waals surface area (Å²) in [6, 6.07) is 15.1. The van der Waals surface area contributed by atoms with Crippen molar-refractivity contribution in [2.24, 2.45) is 0 Å². The van der Waals surface area contributed by atoms with Gasteiger partial charge in [-0.25, -0.2) is 4.79 Å². The molecule has 2 nitrogen and oxygen atoms in total. The van der Waals surface area contributed by atoms with Gasteiger partial charge in [0.25, 0.3) is 0 Å². The minimum absolute atomic E-state index is 0.307. The molecule has 18 heavy (non-hydrogen) atoms. The molecule has 0 bridgehead atoms. The zero-order valence-electron chi connectivity index (χ0n) is 10.1. The van der Waals surface area contributed by atoms with Gasteiger partial charge in [-0.15, -0.1) is 0 Å². The topological polar surface area (TPSA) is 37.3 Å². The Labute approximate surface area is 106 Å². The lowest BCUT2D eigenvalue weighted by molar-refractivity contribution is 0.0697. The fourth-order valence-electron chi connectivity index (χ4n) is 1.65. The number of benzene rings is 2. The Kier molecular flexibility index (Phi) is 3.58. The van der Waals surface area contributed by atoms with Crippen molar-refractivity contribution in [1.82, 2.24) is 0 Å². The summed E-state index contributed by atoms with van der Waals surface area (Å²) >= 11 is 0. The highest BCUT2D eigenvalue weighted by molar-refractivity contribution is 5.88. The van der Waals surface area contributed by atoms with Crippen LogP contribution in [0.4, 0.5) is 0 Å². The summed E-state index contributed by atoms with van der Waals surface area (Å²) in [7, 11) is 0. The van der Waals surface area contributed by atoms with Gasteiger partial charge in [0.2, 0.25) is 0 Å². The van der Waals surface area contributed by atoms with Gasteiger partial charge >= 0.3 is 5.97 Å². The van der Waals surface area contributed by atoms with Gasteiger partial charge in [-0.05, 0) is 30.2 Å². The lowest BCUT2D eigenvalue weighted by atomic mass is 10.1. The number of hydrogen-bond donors (Lipinski definition) is 1. The van der Waals surface area contributed by atoms with E-state index in [1.165, 1.54) is 5.56 Å². The largest absolute Gasteiger partial charge is 0.478 e. The molecular formula is C16H14O2. The molecular weight excluding hydrogens is 224 g/mol. The zero-order valence-corrected chi connectivity index (χ0v) is 10.1. The van der Waals surface area contributed by atoms with Gasteiger partial charge in [0.05, 0.1) is 5.56 Å². The van der Waals surface area contributed by atoms with Crippen LogP contribution < -0.4 is 0 Å². The van der Waals surface area contributed by atoms with Crippen molar-refractivity contribution in [2.75, 3.05) is 0 Å². The van der Waals surface area contributed by atoms with Crippen molar-refractivity contribution < 1.29 is 9.90 Å². The average molecular weight is 238 g/mol. The van der Waals surface area contributed by atoms with Crippen LogP contribution in [0.3, 0.4) is 0 Å². The summed E-state index contributed by atoms with van der Waals surface area (Å²) in [6.07, 6.45) is 3.89. The maximum atomic E-state index is 10.8. The standard InChI is InChI=1S/C16H14O2/c1-12-5-7-13(8-6-12)9-10-14-3-2-4-15(11-14)16(17)18/h2-11H,1H3,(H,17,18)/b10-9+. The fourth-order valence-corrected chi connectivity index (χ4v) is 1.65. The lowest BCUT2D eigenvalue weighted by Crippen LogP contribution is -1.95. The molecule has 0 aliphatic heterocycles. The number of aryl methyl sites for hydroxylation is 1. The number of carboxylic acid groups (broad SMARTS) is 1. The zero-order chi connectivity index (χ0) is 13.0. The van der Waals surface area contributed by atoms with Crippen LogP contribution in [0, 0.1) is 6.92 Å². The van der Waals surface area contributed by atoms with Crippen LogP contribution in [0.1, 0.15) is 27.0 Å². The first-order valence-corrected chi connectivity index (χ1v) is 5.73. The maximum absolute atomic E-state index is 10.8. The second-order valence-corrected chi connectivity index (χ2v) is 4.17. The van der Waals surface area contributed by atoms with Crippen molar-refractivity contribution >= 4 is 18.1 Å². The van der Waals surface area contributed by atoms with Crippen molar-refractivity contribution in [3.05, 3.63) is 70.8 Å². The van der Waals surface area contributed by atoms with Gasteiger partial charge in [-0.3, -0.25) is 0 Å². The van der Waals surface area contributed by atoms with E-state index in [-0.39, 0.29) is 0 Å². The number of carboxylic acids is 1. The van der Waals surface area contributed by atoms with E-state index >= 15 is 0 Å². The first-order chi connectivity index (χ1) is 8.65. The summed E-state index contributed by atoms with van der Waals surface area (Å²) in [5.74, 6) is -0.902. The molecule has 90 valence electrons. The van der Waals surface area contributed by atoms with Crippen molar-refractivity contribution in [1.29, 1.82) is 0 Å². The quantitative estimate of drug-likeness (QED) is 0.824. The highest BCUT2D eigenvalue weighted by Crippen LogP contribution is 2.11. The van der Waals surface area contributed by atoms with Gasteiger partial charge < -0.3 is 5.11 Å². The summed E-state index contributed by atoms with van der Waals surface area (Å²) < 4.78 is 0. The first-order valence-electron chi connectivity index (χ1n) is 5.73. The normalized spacial score (nSPS) is 10.7. The molecule has 0 saturated heterocycles. The number of aromatic carboxylic acids is 1. The molecule has 0 radical (unpaired) electrons. The lowest BCUT2D eigenvalue weighted by Gasteiger charge is -1.98. The third-order valence-corrected chi connectivity index (χ3v) is 2.68. The third-order valence-electron chi connectivity index (χ3n) is 2.68. The third kappa shape index (κ3) is 3.08. The molecule has 2 aromatic carbocycles. The van der Waals surface area contributed by atoms with Gasteiger partial charge in [-0.1, -0.05) is 54.1 Å². The number of rotatable bonds is 3. The molecule has 0 spiro atoms. The molecule has 1 N–H and O–H groups in total. The minimum Gasteiger partial charge on any atom is -0.478 e. The van der Waals surface area contributed by atoms with Crippen LogP contribution in [0.25, 0.3) is 12.2 Å². The van der Waals surface area contributed by atoms with Gasteiger partial charge in [-0.2, -0.15) is 0 Å². The molecule has 0 heterocycles. The van der Waals surface area contributed by atoms with E-state index in [0.717, 1.165) is 11.1 Å². The Bertz CT molecular complexity index is 580. The Balaban J connectivity index is 2.20. The van der Waals surface area contributed by atoms with E-state index in [1.807, 2.05) is 49.4 Å². The van der Waals surface area contributed by atoms with E-state index in [0.29, 0.717) is 5.56 Å². The molecule has 2 aromatic rings. The maximum Gasteiger partial charge on any atom is 0.335 e. The Morgan fingerprint density at radius 1 is 1.00 bits per heavy atom. The Morgan fingerprint density at radius 3 is 2.33 bits per heavy atom. The second kappa shape index (κ2) is 5.32. The molecule has 0 aliphatic carbocycles. The molecule has 2 rings (SSSR count). The molecule has 0 amide bonds. The smallest absolute Gasteiger partial charge is 0.335 e. The van der Waals surface area contributed by atoms with Crippen LogP contribution in [0.15, 0.2) is 48.5 Å². The molecule has 0 unspecified atom stereocenters. The van der Waals surface area contributed by atoms with Gasteiger partial charge in [0.15, 0.2) is 0 Å². The van der Waals surface area contributed by atoms with Gasteiger partial charge in [0.1, 0.15) is 0 Å². The molecule has 0 aliphatic rings. The van der Waals surface area contributed by atoms with Crippen LogP contribution in [0.2, 0.25) is 0 Å². The molecule has 0 aromatic heterocycles. The molecule has 0 saturated carbocycles. The summed E-state index contributed by atoms with van der Waals surface area (Å²) in [5, 5.41) is 8.90. The van der Waals surface area contributed by atoms with E-state index in [2.05, 4.69) is 0 Å². The summed E-state index contributed by atoms with van der Waals surface area (Å²) in [6.45, 7) is 2.05. The minimum atomic E-state index is -0.902. The monoisotopic (exact) mass is 238 g/mol. The van der Waals surface area contributed by atoms with Crippen LogP contribution in [-0.4, -0.2) is 11.1 Å². The highest BCUT2D eigenvalue weighted by atomic mass is 16.4. The number of hydrogen-bond acceptors (Lipinski definition) is 1. The predicted molar refractivity (Wildman–Crippen MR) is 73.5 cm³/mol. The predicted octanol–water partition coefficient (Wildman–Crippen LogP) is 3.86. The second-order valence-electron chi connectivity index (χ2n) is 4.17. The first kappa shape index (κ1) is 12.1. The van der Waals surface area contributed by atoms with Crippen molar-refractivity contribution in [2.45, 2.75) is 6.92 Å². The van der Waals surface area contributed by atoms with Gasteiger partial charge in [0, 0.05) is 0 Å². The molecule has 0 atom stereocenters. The van der Waals surface area contributed by atoms with E-state index < -0.39 is 5.97 Å². The van der Waals surface area contributed by atoms with Crippen molar-refractivity contribution in [3.63, 3.8) is 0 Å². The van der Waals surface area contributed by atoms with Crippen LogP contribution in [-0.2, 0) is 0 Å². The number of carbonyl (C=O) groups is 1. The SMILES string of the molecule is Cc1ccc(/C=C/c2cccc(C(=O)O)c2)cc1. The Morgan fingerprint density at radius 2 is 1.67 bits per heavy atom. The van der Waals surface area contributed by atoms with Crippen molar-refractivity contribution in [3.8, 4) is 0 Å².